The zero-order chi connectivity index (χ0) is 12.1. The average Bonchev–Trinajstić information content (AvgIpc) is 2.81. The van der Waals surface area contributed by atoms with Crippen molar-refractivity contribution >= 4 is 5.91 Å². The van der Waals surface area contributed by atoms with Crippen LogP contribution >= 0.6 is 0 Å². The van der Waals surface area contributed by atoms with Gasteiger partial charge in [-0.05, 0) is 25.1 Å². The normalized spacial score (nSPS) is 11.6. The van der Waals surface area contributed by atoms with Gasteiger partial charge >= 0.3 is 0 Å². The standard InChI is InChI=1S/C13H13NO3/c1-2-3-4-7-14-13(15)10-5-6-11-12(8-10)17-9-16-11/h5-6,8H,4,7,9H2,1H3,(H,14,15). The Labute approximate surface area is 99.9 Å². The molecule has 1 amide bonds. The molecule has 1 N–H and O–H groups in total. The number of fused-ring (bicyclic) bond motifs is 1. The van der Waals surface area contributed by atoms with E-state index in [1.165, 1.54) is 0 Å². The molecule has 0 unspecified atom stereocenters. The molecule has 1 aliphatic heterocycles. The van der Waals surface area contributed by atoms with E-state index in [2.05, 4.69) is 17.2 Å². The number of carbonyl (C=O) groups is 1. The Balaban J connectivity index is 1.96. The lowest BCUT2D eigenvalue weighted by atomic mass is 10.2. The first kappa shape index (κ1) is 11.3. The quantitative estimate of drug-likeness (QED) is 0.634. The molecular formula is C13H13NO3. The Morgan fingerprint density at radius 2 is 2.24 bits per heavy atom. The van der Waals surface area contributed by atoms with Crippen molar-refractivity contribution in [3.05, 3.63) is 23.8 Å². The number of ether oxygens (including phenoxy) is 2. The summed E-state index contributed by atoms with van der Waals surface area (Å²) in [4.78, 5) is 11.8. The zero-order valence-electron chi connectivity index (χ0n) is 9.58. The molecule has 1 aliphatic rings. The number of hydrogen-bond donors (Lipinski definition) is 1. The van der Waals surface area contributed by atoms with Crippen molar-refractivity contribution in [1.82, 2.24) is 5.32 Å². The fraction of sp³-hybridized carbons (Fsp3) is 0.308. The highest BCUT2D eigenvalue weighted by Crippen LogP contribution is 2.32. The summed E-state index contributed by atoms with van der Waals surface area (Å²) >= 11 is 0. The van der Waals surface area contributed by atoms with Crippen molar-refractivity contribution in [3.8, 4) is 23.3 Å². The van der Waals surface area contributed by atoms with E-state index in [1.807, 2.05) is 0 Å². The van der Waals surface area contributed by atoms with Gasteiger partial charge in [0.25, 0.3) is 5.91 Å². The number of carbonyl (C=O) groups excluding carboxylic acids is 1. The van der Waals surface area contributed by atoms with Crippen molar-refractivity contribution in [2.75, 3.05) is 13.3 Å². The van der Waals surface area contributed by atoms with Gasteiger partial charge in [-0.1, -0.05) is 0 Å². The molecule has 1 heterocycles. The molecule has 2 rings (SSSR count). The molecule has 0 bridgehead atoms. The molecule has 0 aromatic heterocycles. The summed E-state index contributed by atoms with van der Waals surface area (Å²) in [5.41, 5.74) is 0.568. The fourth-order valence-electron chi connectivity index (χ4n) is 1.50. The Kier molecular flexibility index (Phi) is 3.51. The molecule has 0 saturated heterocycles. The van der Waals surface area contributed by atoms with E-state index in [-0.39, 0.29) is 12.7 Å². The fourth-order valence-corrected chi connectivity index (χ4v) is 1.50. The van der Waals surface area contributed by atoms with E-state index in [9.17, 15) is 4.79 Å². The minimum absolute atomic E-state index is 0.124. The van der Waals surface area contributed by atoms with Crippen LogP contribution in [-0.2, 0) is 0 Å². The van der Waals surface area contributed by atoms with Gasteiger partial charge in [0.1, 0.15) is 0 Å². The molecule has 1 aromatic carbocycles. The highest BCUT2D eigenvalue weighted by atomic mass is 16.7. The Morgan fingerprint density at radius 3 is 3.06 bits per heavy atom. The first-order valence-corrected chi connectivity index (χ1v) is 5.38. The molecule has 88 valence electrons. The van der Waals surface area contributed by atoms with Gasteiger partial charge in [-0.3, -0.25) is 4.79 Å². The molecule has 4 heteroatoms. The topological polar surface area (TPSA) is 47.6 Å². The predicted molar refractivity (Wildman–Crippen MR) is 63.0 cm³/mol. The molecule has 0 radical (unpaired) electrons. The van der Waals surface area contributed by atoms with Crippen molar-refractivity contribution in [1.29, 1.82) is 0 Å². The Bertz CT molecular complexity index is 485. The summed E-state index contributed by atoms with van der Waals surface area (Å²) in [6.07, 6.45) is 0.660. The lowest BCUT2D eigenvalue weighted by Crippen LogP contribution is -2.24. The van der Waals surface area contributed by atoms with Crippen LogP contribution in [-0.4, -0.2) is 19.2 Å². The number of nitrogens with one attached hydrogen (secondary N) is 1. The average molecular weight is 231 g/mol. The largest absolute Gasteiger partial charge is 0.454 e. The third-order valence-electron chi connectivity index (χ3n) is 2.35. The summed E-state index contributed by atoms with van der Waals surface area (Å²) in [5, 5.41) is 2.79. The summed E-state index contributed by atoms with van der Waals surface area (Å²) in [7, 11) is 0. The molecule has 0 saturated carbocycles. The van der Waals surface area contributed by atoms with E-state index in [0.29, 0.717) is 30.0 Å². The van der Waals surface area contributed by atoms with Gasteiger partial charge in [0, 0.05) is 18.5 Å². The highest BCUT2D eigenvalue weighted by Gasteiger charge is 2.15. The SMILES string of the molecule is CC#CCCNC(=O)c1ccc2c(c1)OCO2. The van der Waals surface area contributed by atoms with E-state index < -0.39 is 0 Å². The molecule has 4 nitrogen and oxygen atoms in total. The van der Waals surface area contributed by atoms with E-state index in [1.54, 1.807) is 25.1 Å². The molecule has 0 aliphatic carbocycles. The maximum Gasteiger partial charge on any atom is 0.251 e. The third kappa shape index (κ3) is 2.70. The van der Waals surface area contributed by atoms with Gasteiger partial charge in [-0.2, -0.15) is 0 Å². The summed E-state index contributed by atoms with van der Waals surface area (Å²) < 4.78 is 10.4. The third-order valence-corrected chi connectivity index (χ3v) is 2.35. The van der Waals surface area contributed by atoms with Crippen LogP contribution in [0.3, 0.4) is 0 Å². The molecule has 0 fully saturated rings. The molecule has 0 spiro atoms. The second-order valence-corrected chi connectivity index (χ2v) is 3.50. The predicted octanol–water partition coefficient (Wildman–Crippen LogP) is 1.56. The minimum Gasteiger partial charge on any atom is -0.454 e. The van der Waals surface area contributed by atoms with Crippen LogP contribution in [0.4, 0.5) is 0 Å². The smallest absolute Gasteiger partial charge is 0.251 e. The van der Waals surface area contributed by atoms with Crippen molar-refractivity contribution in [3.63, 3.8) is 0 Å². The second kappa shape index (κ2) is 5.26. The van der Waals surface area contributed by atoms with Gasteiger partial charge in [-0.15, -0.1) is 11.8 Å². The van der Waals surface area contributed by atoms with Gasteiger partial charge < -0.3 is 14.8 Å². The van der Waals surface area contributed by atoms with Crippen molar-refractivity contribution in [2.24, 2.45) is 0 Å². The number of hydrogen-bond acceptors (Lipinski definition) is 3. The first-order valence-electron chi connectivity index (χ1n) is 5.38. The van der Waals surface area contributed by atoms with Crippen molar-refractivity contribution < 1.29 is 14.3 Å². The van der Waals surface area contributed by atoms with Gasteiger partial charge in [0.2, 0.25) is 6.79 Å². The lowest BCUT2D eigenvalue weighted by Gasteiger charge is -2.03. The maximum atomic E-state index is 11.8. The van der Waals surface area contributed by atoms with Crippen LogP contribution < -0.4 is 14.8 Å². The molecule has 1 aromatic rings. The Hall–Kier alpha value is -2.15. The first-order chi connectivity index (χ1) is 8.31. The van der Waals surface area contributed by atoms with Gasteiger partial charge in [-0.25, -0.2) is 0 Å². The van der Waals surface area contributed by atoms with Crippen LogP contribution in [0.5, 0.6) is 11.5 Å². The number of rotatable bonds is 3. The number of amides is 1. The lowest BCUT2D eigenvalue weighted by molar-refractivity contribution is 0.0954. The summed E-state index contributed by atoms with van der Waals surface area (Å²) in [6.45, 7) is 2.54. The minimum atomic E-state index is -0.124. The summed E-state index contributed by atoms with van der Waals surface area (Å²) in [5.74, 6) is 6.84. The maximum absolute atomic E-state index is 11.8. The van der Waals surface area contributed by atoms with Crippen LogP contribution in [0.25, 0.3) is 0 Å². The van der Waals surface area contributed by atoms with Gasteiger partial charge in [0.05, 0.1) is 0 Å². The second-order valence-electron chi connectivity index (χ2n) is 3.50. The highest BCUT2D eigenvalue weighted by molar-refractivity contribution is 5.94. The van der Waals surface area contributed by atoms with Crippen LogP contribution in [0, 0.1) is 11.8 Å². The van der Waals surface area contributed by atoms with Crippen LogP contribution in [0.2, 0.25) is 0 Å². The van der Waals surface area contributed by atoms with E-state index in [0.717, 1.165) is 0 Å². The van der Waals surface area contributed by atoms with E-state index >= 15 is 0 Å². The summed E-state index contributed by atoms with van der Waals surface area (Å²) in [6, 6.07) is 5.14. The molecule has 0 atom stereocenters. The van der Waals surface area contributed by atoms with Crippen LogP contribution in [0.1, 0.15) is 23.7 Å². The Morgan fingerprint density at radius 1 is 1.41 bits per heavy atom. The number of benzene rings is 1. The zero-order valence-corrected chi connectivity index (χ0v) is 9.58. The monoisotopic (exact) mass is 231 g/mol. The molecule has 17 heavy (non-hydrogen) atoms. The van der Waals surface area contributed by atoms with E-state index in [4.69, 9.17) is 9.47 Å². The molecular weight excluding hydrogens is 218 g/mol. The van der Waals surface area contributed by atoms with Gasteiger partial charge in [0.15, 0.2) is 11.5 Å². The van der Waals surface area contributed by atoms with Crippen molar-refractivity contribution in [2.45, 2.75) is 13.3 Å². The van der Waals surface area contributed by atoms with Crippen LogP contribution in [0.15, 0.2) is 18.2 Å².